The van der Waals surface area contributed by atoms with Crippen molar-refractivity contribution >= 4 is 12.1 Å². The number of hydrogen-bond acceptors (Lipinski definition) is 5. The monoisotopic (exact) mass is 188 g/mol. The smallest absolute Gasteiger partial charge is 0.431 e. The second-order valence-corrected chi connectivity index (χ2v) is 1.92. The molecule has 0 rings (SSSR count). The molecule has 0 aliphatic carbocycles. The van der Waals surface area contributed by atoms with Crippen LogP contribution in [0.15, 0.2) is 12.7 Å². The minimum atomic E-state index is -1.04. The van der Waals surface area contributed by atoms with Gasteiger partial charge < -0.3 is 14.2 Å². The molecule has 0 fully saturated rings. The number of carbonyl (C=O) groups excluding carboxylic acids is 2. The number of esters is 1. The third-order valence-corrected chi connectivity index (χ3v) is 1.00. The van der Waals surface area contributed by atoms with Crippen molar-refractivity contribution in [2.75, 3.05) is 19.8 Å². The molecule has 0 aliphatic heterocycles. The Kier molecular flexibility index (Phi) is 6.53. The number of ether oxygens (including phenoxy) is 3. The molecule has 0 aromatic carbocycles. The van der Waals surface area contributed by atoms with Crippen LogP contribution in [0.1, 0.15) is 6.92 Å². The van der Waals surface area contributed by atoms with Crippen LogP contribution in [0.25, 0.3) is 0 Å². The Balaban J connectivity index is 3.40. The Bertz CT molecular complexity index is 187. The summed E-state index contributed by atoms with van der Waals surface area (Å²) in [7, 11) is 0. The van der Waals surface area contributed by atoms with Crippen molar-refractivity contribution < 1.29 is 23.8 Å². The molecule has 0 bridgehead atoms. The lowest BCUT2D eigenvalue weighted by atomic mass is 10.7. The Morgan fingerprint density at radius 1 is 1.38 bits per heavy atom. The zero-order chi connectivity index (χ0) is 10.1. The van der Waals surface area contributed by atoms with Gasteiger partial charge in [0.05, 0.1) is 6.61 Å². The Morgan fingerprint density at radius 2 is 2.08 bits per heavy atom. The van der Waals surface area contributed by atoms with Gasteiger partial charge in [0.15, 0.2) is 0 Å². The topological polar surface area (TPSA) is 61.8 Å². The van der Waals surface area contributed by atoms with Crippen LogP contribution in [-0.4, -0.2) is 31.9 Å². The summed E-state index contributed by atoms with van der Waals surface area (Å²) in [6.07, 6.45) is -0.159. The molecule has 0 aromatic heterocycles. The first-order valence-electron chi connectivity index (χ1n) is 3.79. The van der Waals surface area contributed by atoms with E-state index in [1.54, 1.807) is 0 Å². The summed E-state index contributed by atoms with van der Waals surface area (Å²) in [4.78, 5) is 21.0. The van der Waals surface area contributed by atoms with Crippen LogP contribution < -0.4 is 0 Å². The van der Waals surface area contributed by atoms with Gasteiger partial charge in [-0.1, -0.05) is 6.58 Å². The standard InChI is InChI=1S/C8H12O5/c1-3-7(9)13-8(10)12-6-5-11-4-2/h3H,1,4-6H2,2H3. The maximum absolute atomic E-state index is 10.6. The predicted octanol–water partition coefficient (Wildman–Crippen LogP) is 0.889. The van der Waals surface area contributed by atoms with Gasteiger partial charge in [0, 0.05) is 12.7 Å². The van der Waals surface area contributed by atoms with Gasteiger partial charge in [0.1, 0.15) is 6.61 Å². The molecule has 0 amide bonds. The van der Waals surface area contributed by atoms with Gasteiger partial charge >= 0.3 is 12.1 Å². The van der Waals surface area contributed by atoms with E-state index in [9.17, 15) is 9.59 Å². The first kappa shape index (κ1) is 11.6. The quantitative estimate of drug-likeness (QED) is 0.277. The largest absolute Gasteiger partial charge is 0.516 e. The highest BCUT2D eigenvalue weighted by Gasteiger charge is 2.07. The highest BCUT2D eigenvalue weighted by atomic mass is 16.7. The van der Waals surface area contributed by atoms with Gasteiger partial charge in [-0.2, -0.15) is 0 Å². The first-order valence-corrected chi connectivity index (χ1v) is 3.79. The lowest BCUT2D eigenvalue weighted by molar-refractivity contribution is -0.134. The molecule has 0 N–H and O–H groups in total. The molecule has 0 spiro atoms. The molecule has 74 valence electrons. The van der Waals surface area contributed by atoms with Crippen molar-refractivity contribution in [2.45, 2.75) is 6.92 Å². The van der Waals surface area contributed by atoms with Crippen LogP contribution in [-0.2, 0) is 19.0 Å². The summed E-state index contributed by atoms with van der Waals surface area (Å²) in [5.74, 6) is -0.832. The molecular weight excluding hydrogens is 176 g/mol. The Morgan fingerprint density at radius 3 is 2.62 bits per heavy atom. The minimum Gasteiger partial charge on any atom is -0.431 e. The first-order chi connectivity index (χ1) is 6.20. The third-order valence-electron chi connectivity index (χ3n) is 1.00. The SMILES string of the molecule is C=CC(=O)OC(=O)OCCOCC. The van der Waals surface area contributed by atoms with Crippen molar-refractivity contribution in [3.63, 3.8) is 0 Å². The second-order valence-electron chi connectivity index (χ2n) is 1.92. The van der Waals surface area contributed by atoms with Crippen molar-refractivity contribution in [2.24, 2.45) is 0 Å². The van der Waals surface area contributed by atoms with Crippen LogP contribution >= 0.6 is 0 Å². The lowest BCUT2D eigenvalue weighted by Gasteiger charge is -2.02. The van der Waals surface area contributed by atoms with Gasteiger partial charge in [-0.25, -0.2) is 9.59 Å². The third kappa shape index (κ3) is 7.02. The fourth-order valence-electron chi connectivity index (χ4n) is 0.482. The summed E-state index contributed by atoms with van der Waals surface area (Å²) < 4.78 is 13.4. The molecule has 0 saturated heterocycles. The van der Waals surface area contributed by atoms with E-state index in [1.807, 2.05) is 6.92 Å². The molecule has 5 nitrogen and oxygen atoms in total. The van der Waals surface area contributed by atoms with Crippen LogP contribution in [0.2, 0.25) is 0 Å². The normalized spacial score (nSPS) is 9.00. The van der Waals surface area contributed by atoms with Crippen molar-refractivity contribution in [1.82, 2.24) is 0 Å². The van der Waals surface area contributed by atoms with Crippen molar-refractivity contribution in [1.29, 1.82) is 0 Å². The van der Waals surface area contributed by atoms with Gasteiger partial charge in [-0.15, -0.1) is 0 Å². The fourth-order valence-corrected chi connectivity index (χ4v) is 0.482. The molecule has 0 radical (unpaired) electrons. The average molecular weight is 188 g/mol. The molecule has 5 heteroatoms. The molecule has 0 unspecified atom stereocenters. The predicted molar refractivity (Wildman–Crippen MR) is 44.1 cm³/mol. The Labute approximate surface area is 76.3 Å². The van der Waals surface area contributed by atoms with Gasteiger partial charge in [0.25, 0.3) is 0 Å². The highest BCUT2D eigenvalue weighted by Crippen LogP contribution is 1.87. The molecule has 0 atom stereocenters. The van der Waals surface area contributed by atoms with Crippen molar-refractivity contribution in [3.8, 4) is 0 Å². The zero-order valence-electron chi connectivity index (χ0n) is 7.45. The summed E-state index contributed by atoms with van der Waals surface area (Å²) in [6.45, 7) is 5.83. The van der Waals surface area contributed by atoms with Gasteiger partial charge in [-0.3, -0.25) is 0 Å². The van der Waals surface area contributed by atoms with Crippen molar-refractivity contribution in [3.05, 3.63) is 12.7 Å². The average Bonchev–Trinajstić information content (AvgIpc) is 2.12. The van der Waals surface area contributed by atoms with E-state index in [0.29, 0.717) is 6.61 Å². The molecule has 0 aliphatic rings. The summed E-state index contributed by atoms with van der Waals surface area (Å²) in [5, 5.41) is 0. The van der Waals surface area contributed by atoms with E-state index in [4.69, 9.17) is 4.74 Å². The van der Waals surface area contributed by atoms with Gasteiger partial charge in [0.2, 0.25) is 0 Å². The highest BCUT2D eigenvalue weighted by molar-refractivity contribution is 5.89. The fraction of sp³-hybridized carbons (Fsp3) is 0.500. The van der Waals surface area contributed by atoms with Crippen LogP contribution in [0.3, 0.4) is 0 Å². The maximum atomic E-state index is 10.6. The van der Waals surface area contributed by atoms with E-state index >= 15 is 0 Å². The number of hydrogen-bond donors (Lipinski definition) is 0. The molecule has 0 heterocycles. The molecule has 13 heavy (non-hydrogen) atoms. The lowest BCUT2D eigenvalue weighted by Crippen LogP contribution is -2.14. The van der Waals surface area contributed by atoms with Crippen LogP contribution in [0.5, 0.6) is 0 Å². The number of rotatable bonds is 5. The molecule has 0 aromatic rings. The van der Waals surface area contributed by atoms with Crippen LogP contribution in [0, 0.1) is 0 Å². The van der Waals surface area contributed by atoms with E-state index in [-0.39, 0.29) is 13.2 Å². The zero-order valence-corrected chi connectivity index (χ0v) is 7.45. The van der Waals surface area contributed by atoms with Gasteiger partial charge in [-0.05, 0) is 6.92 Å². The van der Waals surface area contributed by atoms with E-state index in [2.05, 4.69) is 16.1 Å². The van der Waals surface area contributed by atoms with Crippen LogP contribution in [0.4, 0.5) is 4.79 Å². The Hall–Kier alpha value is -1.36. The molecular formula is C8H12O5. The van der Waals surface area contributed by atoms with E-state index in [1.165, 1.54) is 0 Å². The molecule has 0 saturated carbocycles. The van der Waals surface area contributed by atoms with E-state index < -0.39 is 12.1 Å². The number of carbonyl (C=O) groups is 2. The summed E-state index contributed by atoms with van der Waals surface area (Å²) in [6, 6.07) is 0. The summed E-state index contributed by atoms with van der Waals surface area (Å²) >= 11 is 0. The second kappa shape index (κ2) is 7.30. The summed E-state index contributed by atoms with van der Waals surface area (Å²) in [5.41, 5.74) is 0. The minimum absolute atomic E-state index is 0.0666. The maximum Gasteiger partial charge on any atom is 0.516 e. The van der Waals surface area contributed by atoms with E-state index in [0.717, 1.165) is 6.08 Å².